The summed E-state index contributed by atoms with van der Waals surface area (Å²) in [5.41, 5.74) is 6.06. The van der Waals surface area contributed by atoms with Crippen molar-refractivity contribution in [2.24, 2.45) is 11.7 Å². The first kappa shape index (κ1) is 13.7. The highest BCUT2D eigenvalue weighted by molar-refractivity contribution is 5.79. The topological polar surface area (TPSA) is 95.7 Å². The number of aliphatic carboxylic acids is 1. The highest BCUT2D eigenvalue weighted by Crippen LogP contribution is 2.41. The number of urea groups is 1. The van der Waals surface area contributed by atoms with Gasteiger partial charge in [0.15, 0.2) is 0 Å². The third-order valence-electron chi connectivity index (χ3n) is 5.22. The molecule has 3 aliphatic rings. The van der Waals surface area contributed by atoms with Crippen molar-refractivity contribution < 1.29 is 14.7 Å². The van der Waals surface area contributed by atoms with E-state index >= 15 is 0 Å². The van der Waals surface area contributed by atoms with Gasteiger partial charge in [-0.1, -0.05) is 12.8 Å². The van der Waals surface area contributed by atoms with Gasteiger partial charge in [0.05, 0.1) is 5.92 Å². The number of nitrogens with two attached hydrogens (primary N) is 1. The van der Waals surface area contributed by atoms with Crippen LogP contribution in [-0.2, 0) is 4.79 Å². The Morgan fingerprint density at radius 3 is 2.55 bits per heavy atom. The SMILES string of the molecule is NC1CCCCC1NC(=O)N1C2CCC1C(C(=O)O)C2. The van der Waals surface area contributed by atoms with Gasteiger partial charge in [-0.2, -0.15) is 0 Å². The van der Waals surface area contributed by atoms with Gasteiger partial charge in [0.25, 0.3) is 0 Å². The molecular formula is C14H23N3O3. The Morgan fingerprint density at radius 1 is 1.15 bits per heavy atom. The Labute approximate surface area is 118 Å². The first-order valence-electron chi connectivity index (χ1n) is 7.65. The molecule has 1 aliphatic carbocycles. The van der Waals surface area contributed by atoms with E-state index in [1.165, 1.54) is 0 Å². The van der Waals surface area contributed by atoms with Crippen molar-refractivity contribution in [1.29, 1.82) is 0 Å². The molecule has 2 amide bonds. The van der Waals surface area contributed by atoms with Crippen LogP contribution in [0.25, 0.3) is 0 Å². The zero-order valence-corrected chi connectivity index (χ0v) is 11.6. The van der Waals surface area contributed by atoms with E-state index in [-0.39, 0.29) is 36.1 Å². The fraction of sp³-hybridized carbons (Fsp3) is 0.857. The molecule has 1 saturated carbocycles. The van der Waals surface area contributed by atoms with Gasteiger partial charge >= 0.3 is 12.0 Å². The monoisotopic (exact) mass is 281 g/mol. The van der Waals surface area contributed by atoms with Gasteiger partial charge in [-0.05, 0) is 32.1 Å². The minimum atomic E-state index is -0.774. The summed E-state index contributed by atoms with van der Waals surface area (Å²) in [4.78, 5) is 25.5. The number of nitrogens with one attached hydrogen (secondary N) is 1. The van der Waals surface area contributed by atoms with E-state index in [1.54, 1.807) is 4.90 Å². The second-order valence-corrected chi connectivity index (χ2v) is 6.39. The van der Waals surface area contributed by atoms with Crippen molar-refractivity contribution in [1.82, 2.24) is 10.2 Å². The van der Waals surface area contributed by atoms with Gasteiger partial charge in [-0.15, -0.1) is 0 Å². The van der Waals surface area contributed by atoms with Crippen molar-refractivity contribution in [3.8, 4) is 0 Å². The first-order valence-corrected chi connectivity index (χ1v) is 7.65. The van der Waals surface area contributed by atoms with Crippen LogP contribution in [0.2, 0.25) is 0 Å². The van der Waals surface area contributed by atoms with E-state index in [0.29, 0.717) is 6.42 Å². The lowest BCUT2D eigenvalue weighted by molar-refractivity contribution is -0.142. The van der Waals surface area contributed by atoms with E-state index in [1.807, 2.05) is 0 Å². The Kier molecular flexibility index (Phi) is 3.58. The maximum atomic E-state index is 12.5. The van der Waals surface area contributed by atoms with Crippen molar-refractivity contribution >= 4 is 12.0 Å². The van der Waals surface area contributed by atoms with E-state index in [9.17, 15) is 14.7 Å². The summed E-state index contributed by atoms with van der Waals surface area (Å²) in [5.74, 6) is -1.16. The second kappa shape index (κ2) is 5.24. The third kappa shape index (κ3) is 2.26. The largest absolute Gasteiger partial charge is 0.481 e. The molecule has 3 rings (SSSR count). The van der Waals surface area contributed by atoms with Crippen molar-refractivity contribution in [3.05, 3.63) is 0 Å². The third-order valence-corrected chi connectivity index (χ3v) is 5.22. The maximum Gasteiger partial charge on any atom is 0.318 e. The smallest absolute Gasteiger partial charge is 0.318 e. The predicted octanol–water partition coefficient (Wildman–Crippen LogP) is 0.903. The number of nitrogens with zero attached hydrogens (tertiary/aromatic N) is 1. The highest BCUT2D eigenvalue weighted by Gasteiger charge is 2.51. The summed E-state index contributed by atoms with van der Waals surface area (Å²) < 4.78 is 0. The number of carbonyl (C=O) groups excluding carboxylic acids is 1. The van der Waals surface area contributed by atoms with Crippen LogP contribution in [0.1, 0.15) is 44.9 Å². The van der Waals surface area contributed by atoms with Crippen LogP contribution < -0.4 is 11.1 Å². The fourth-order valence-electron chi connectivity index (χ4n) is 4.14. The number of carbonyl (C=O) groups is 2. The number of carboxylic acids is 1. The minimum absolute atomic E-state index is 0.0308. The van der Waals surface area contributed by atoms with E-state index < -0.39 is 5.97 Å². The molecule has 0 aromatic carbocycles. The lowest BCUT2D eigenvalue weighted by Gasteiger charge is -2.32. The molecule has 2 heterocycles. The molecule has 0 radical (unpaired) electrons. The van der Waals surface area contributed by atoms with Gasteiger partial charge < -0.3 is 21.1 Å². The summed E-state index contributed by atoms with van der Waals surface area (Å²) in [5, 5.41) is 12.3. The van der Waals surface area contributed by atoms with Crippen LogP contribution in [0.4, 0.5) is 4.79 Å². The lowest BCUT2D eigenvalue weighted by Crippen LogP contribution is -2.54. The molecule has 4 N–H and O–H groups in total. The molecular weight excluding hydrogens is 258 g/mol. The van der Waals surface area contributed by atoms with Gasteiger partial charge in [0.2, 0.25) is 0 Å². The summed E-state index contributed by atoms with van der Waals surface area (Å²) in [6.07, 6.45) is 6.45. The standard InChI is InChI=1S/C14H23N3O3/c15-10-3-1-2-4-11(10)16-14(20)17-8-5-6-12(17)9(7-8)13(18)19/h8-12H,1-7,15H2,(H,16,20)(H,18,19). The van der Waals surface area contributed by atoms with Crippen LogP contribution in [0.3, 0.4) is 0 Å². The fourth-order valence-corrected chi connectivity index (χ4v) is 4.14. The van der Waals surface area contributed by atoms with Crippen LogP contribution >= 0.6 is 0 Å². The second-order valence-electron chi connectivity index (χ2n) is 6.39. The zero-order valence-electron chi connectivity index (χ0n) is 11.6. The van der Waals surface area contributed by atoms with Crippen LogP contribution in [0.5, 0.6) is 0 Å². The van der Waals surface area contributed by atoms with Crippen molar-refractivity contribution in [2.45, 2.75) is 69.1 Å². The van der Waals surface area contributed by atoms with Crippen LogP contribution in [-0.4, -0.2) is 46.2 Å². The number of hydrogen-bond acceptors (Lipinski definition) is 3. The summed E-state index contributed by atoms with van der Waals surface area (Å²) in [6, 6.07) is -0.0652. The zero-order chi connectivity index (χ0) is 14.3. The molecule has 2 saturated heterocycles. The normalized spacial score (nSPS) is 39.9. The van der Waals surface area contributed by atoms with Crippen molar-refractivity contribution in [3.63, 3.8) is 0 Å². The predicted molar refractivity (Wildman–Crippen MR) is 73.2 cm³/mol. The Balaban J connectivity index is 1.64. The van der Waals surface area contributed by atoms with Gasteiger partial charge in [-0.3, -0.25) is 4.79 Å². The molecule has 0 aromatic heterocycles. The van der Waals surface area contributed by atoms with Crippen LogP contribution in [0.15, 0.2) is 0 Å². The molecule has 5 unspecified atom stereocenters. The number of carboxylic acid groups (broad SMARTS) is 1. The number of amides is 2. The van der Waals surface area contributed by atoms with Gasteiger partial charge in [-0.25, -0.2) is 4.79 Å². The molecule has 20 heavy (non-hydrogen) atoms. The summed E-state index contributed by atoms with van der Waals surface area (Å²) >= 11 is 0. The summed E-state index contributed by atoms with van der Waals surface area (Å²) in [6.45, 7) is 0. The highest BCUT2D eigenvalue weighted by atomic mass is 16.4. The molecule has 2 bridgehead atoms. The molecule has 3 fully saturated rings. The average Bonchev–Trinajstić information content (AvgIpc) is 2.99. The quantitative estimate of drug-likeness (QED) is 0.701. The molecule has 6 heteroatoms. The van der Waals surface area contributed by atoms with E-state index in [2.05, 4.69) is 5.32 Å². The van der Waals surface area contributed by atoms with Gasteiger partial charge in [0, 0.05) is 24.2 Å². The molecule has 112 valence electrons. The Morgan fingerprint density at radius 2 is 1.90 bits per heavy atom. The Bertz CT molecular complexity index is 414. The molecule has 5 atom stereocenters. The van der Waals surface area contributed by atoms with Gasteiger partial charge in [0.1, 0.15) is 0 Å². The number of rotatable bonds is 2. The van der Waals surface area contributed by atoms with Crippen molar-refractivity contribution in [2.75, 3.05) is 0 Å². The van der Waals surface area contributed by atoms with Crippen LogP contribution in [0, 0.1) is 5.92 Å². The average molecular weight is 281 g/mol. The molecule has 0 spiro atoms. The maximum absolute atomic E-state index is 12.5. The number of fused-ring (bicyclic) bond motifs is 2. The first-order chi connectivity index (χ1) is 9.58. The summed E-state index contributed by atoms with van der Waals surface area (Å²) in [7, 11) is 0. The minimum Gasteiger partial charge on any atom is -0.481 e. The van der Waals surface area contributed by atoms with E-state index in [4.69, 9.17) is 5.73 Å². The van der Waals surface area contributed by atoms with E-state index in [0.717, 1.165) is 38.5 Å². The molecule has 2 aliphatic heterocycles. The molecule has 6 nitrogen and oxygen atoms in total. The molecule has 0 aromatic rings. The number of hydrogen-bond donors (Lipinski definition) is 3. The lowest BCUT2D eigenvalue weighted by atomic mass is 9.89. The Hall–Kier alpha value is -1.30.